The molecule has 0 aliphatic heterocycles. The van der Waals surface area contributed by atoms with E-state index < -0.39 is 69.9 Å². The molecule has 0 fully saturated rings. The molecule has 0 atom stereocenters. The minimum absolute atomic E-state index is 0. The monoisotopic (exact) mass is 667 g/mol. The second-order valence-electron chi connectivity index (χ2n) is 7.91. The molecule has 4 aromatic carbocycles. The fraction of sp³-hybridized carbons (Fsp3) is 0. The van der Waals surface area contributed by atoms with Crippen molar-refractivity contribution in [1.82, 2.24) is 0 Å². The van der Waals surface area contributed by atoms with Gasteiger partial charge in [0, 0.05) is 18.6 Å². The molecule has 0 amide bonds. The average Bonchev–Trinajstić information content (AvgIpc) is 2.95. The van der Waals surface area contributed by atoms with E-state index in [9.17, 15) is 19.2 Å². The molecule has 0 aromatic heterocycles. The number of aromatic carboxylic acids is 4. The van der Waals surface area contributed by atoms with Crippen molar-refractivity contribution in [2.75, 3.05) is 0 Å². The summed E-state index contributed by atoms with van der Waals surface area (Å²) in [6.45, 7) is 0. The molecule has 4 rings (SSSR count). The third-order valence-corrected chi connectivity index (χ3v) is 4.98. The molecular formula is C28H24O16V. The van der Waals surface area contributed by atoms with Crippen molar-refractivity contribution in [3.8, 4) is 46.0 Å². The molecule has 0 aliphatic rings. The first-order valence-electron chi connectivity index (χ1n) is 11.5. The van der Waals surface area contributed by atoms with Gasteiger partial charge in [0.1, 0.15) is 22.3 Å². The number of phenols is 8. The fourth-order valence-corrected chi connectivity index (χ4v) is 2.82. The molecule has 237 valence electrons. The van der Waals surface area contributed by atoms with Gasteiger partial charge in [-0.3, -0.25) is 0 Å². The summed E-state index contributed by atoms with van der Waals surface area (Å²) in [5, 5.41) is 105. The molecule has 12 N–H and O–H groups in total. The van der Waals surface area contributed by atoms with Gasteiger partial charge in [-0.15, -0.1) is 0 Å². The predicted octanol–water partition coefficient (Wildman–Crippen LogP) is 3.18. The Morgan fingerprint density at radius 3 is 0.600 bits per heavy atom. The molecule has 4 aromatic rings. The van der Waals surface area contributed by atoms with Crippen molar-refractivity contribution in [2.24, 2.45) is 0 Å². The molecule has 0 unspecified atom stereocenters. The summed E-state index contributed by atoms with van der Waals surface area (Å²) in [5.41, 5.74) is -1.20. The van der Waals surface area contributed by atoms with Crippen LogP contribution >= 0.6 is 0 Å². The summed E-state index contributed by atoms with van der Waals surface area (Å²) in [7, 11) is 0. The van der Waals surface area contributed by atoms with Gasteiger partial charge in [0.15, 0.2) is 46.0 Å². The van der Waals surface area contributed by atoms with Crippen molar-refractivity contribution in [2.45, 2.75) is 0 Å². The van der Waals surface area contributed by atoms with Crippen LogP contribution in [0.15, 0.2) is 72.8 Å². The van der Waals surface area contributed by atoms with Crippen LogP contribution in [0.2, 0.25) is 0 Å². The number of hydrogen-bond acceptors (Lipinski definition) is 12. The normalized spacial score (nSPS) is 9.24. The average molecular weight is 667 g/mol. The number of para-hydroxylation sites is 4. The Morgan fingerprint density at radius 2 is 0.489 bits per heavy atom. The van der Waals surface area contributed by atoms with Gasteiger partial charge in [-0.05, 0) is 48.5 Å². The topological polar surface area (TPSA) is 311 Å². The SMILES string of the molecule is O=C(O)c1cccc(O)c1O.O=C(O)c1cccc(O)c1O.O=C(O)c1cccc(O)c1O.O=C(O)c1cccc(O)c1O.[V]. The maximum Gasteiger partial charge on any atom is 0.339 e. The molecule has 45 heavy (non-hydrogen) atoms. The summed E-state index contributed by atoms with van der Waals surface area (Å²) in [6, 6.07) is 15.0. The van der Waals surface area contributed by atoms with Crippen molar-refractivity contribution in [3.05, 3.63) is 95.1 Å². The standard InChI is InChI=1S/4C7H6O4.V/c4*8-5-3-1-2-4(6(5)9)7(10)11;/h4*1-3,8-9H,(H,10,11);. The third kappa shape index (κ3) is 11.2. The zero-order valence-electron chi connectivity index (χ0n) is 22.4. The molecule has 0 saturated heterocycles. The molecular weight excluding hydrogens is 643 g/mol. The first-order valence-corrected chi connectivity index (χ1v) is 11.5. The van der Waals surface area contributed by atoms with Gasteiger partial charge in [0.2, 0.25) is 0 Å². The number of benzene rings is 4. The van der Waals surface area contributed by atoms with Gasteiger partial charge in [0.05, 0.1) is 0 Å². The first-order chi connectivity index (χ1) is 20.5. The van der Waals surface area contributed by atoms with Crippen molar-refractivity contribution in [3.63, 3.8) is 0 Å². The van der Waals surface area contributed by atoms with Crippen molar-refractivity contribution < 1.29 is 99.0 Å². The van der Waals surface area contributed by atoms with E-state index in [1.807, 2.05) is 0 Å². The van der Waals surface area contributed by atoms with E-state index in [1.54, 1.807) is 0 Å². The van der Waals surface area contributed by atoms with E-state index in [4.69, 9.17) is 61.3 Å². The van der Waals surface area contributed by atoms with E-state index in [2.05, 4.69) is 0 Å². The van der Waals surface area contributed by atoms with Crippen LogP contribution in [0.4, 0.5) is 0 Å². The molecule has 17 heteroatoms. The molecule has 0 spiro atoms. The summed E-state index contributed by atoms with van der Waals surface area (Å²) >= 11 is 0. The smallest absolute Gasteiger partial charge is 0.339 e. The van der Waals surface area contributed by atoms with Crippen LogP contribution in [0.1, 0.15) is 41.4 Å². The van der Waals surface area contributed by atoms with E-state index in [-0.39, 0.29) is 40.8 Å². The molecule has 1 radical (unpaired) electrons. The van der Waals surface area contributed by atoms with Crippen molar-refractivity contribution >= 4 is 23.9 Å². The predicted molar refractivity (Wildman–Crippen MR) is 147 cm³/mol. The van der Waals surface area contributed by atoms with Crippen molar-refractivity contribution in [1.29, 1.82) is 0 Å². The van der Waals surface area contributed by atoms with Crippen LogP contribution in [-0.2, 0) is 18.6 Å². The van der Waals surface area contributed by atoms with Gasteiger partial charge < -0.3 is 61.3 Å². The molecule has 0 aliphatic carbocycles. The zero-order chi connectivity index (χ0) is 33.7. The van der Waals surface area contributed by atoms with Gasteiger partial charge in [-0.2, -0.15) is 0 Å². The number of rotatable bonds is 4. The van der Waals surface area contributed by atoms with Gasteiger partial charge in [0.25, 0.3) is 0 Å². The molecule has 0 bridgehead atoms. The minimum atomic E-state index is -1.27. The quantitative estimate of drug-likeness (QED) is 0.139. The summed E-state index contributed by atoms with van der Waals surface area (Å²) < 4.78 is 0. The Bertz CT molecular complexity index is 1420. The van der Waals surface area contributed by atoms with E-state index >= 15 is 0 Å². The largest absolute Gasteiger partial charge is 0.504 e. The van der Waals surface area contributed by atoms with Crippen LogP contribution in [0.25, 0.3) is 0 Å². The maximum atomic E-state index is 10.3. The number of aromatic hydroxyl groups is 8. The van der Waals surface area contributed by atoms with Crippen LogP contribution in [0, 0.1) is 0 Å². The number of phenolic OH excluding ortho intramolecular Hbond substituents is 4. The first kappa shape index (κ1) is 38.7. The van der Waals surface area contributed by atoms with E-state index in [0.717, 1.165) is 0 Å². The molecule has 0 heterocycles. The van der Waals surface area contributed by atoms with Gasteiger partial charge >= 0.3 is 23.9 Å². The Balaban J connectivity index is 0.000000569. The van der Waals surface area contributed by atoms with E-state index in [0.29, 0.717) is 0 Å². The Labute approximate surface area is 263 Å². The number of carbonyl (C=O) groups is 4. The minimum Gasteiger partial charge on any atom is -0.504 e. The number of carboxylic acids is 4. The number of carboxylic acid groups (broad SMARTS) is 4. The van der Waals surface area contributed by atoms with Gasteiger partial charge in [-0.1, -0.05) is 24.3 Å². The summed E-state index contributed by atoms with van der Waals surface area (Å²) in [5.74, 6) is -9.15. The maximum absolute atomic E-state index is 10.3. The van der Waals surface area contributed by atoms with Crippen LogP contribution in [0.3, 0.4) is 0 Å². The molecule has 0 saturated carbocycles. The second kappa shape index (κ2) is 17.6. The Kier molecular flexibility index (Phi) is 15.2. The second-order valence-corrected chi connectivity index (χ2v) is 7.91. The number of hydrogen-bond donors (Lipinski definition) is 12. The Morgan fingerprint density at radius 1 is 0.333 bits per heavy atom. The Hall–Kier alpha value is -6.26. The zero-order valence-corrected chi connectivity index (χ0v) is 23.8. The fourth-order valence-electron chi connectivity index (χ4n) is 2.82. The van der Waals surface area contributed by atoms with Crippen LogP contribution in [-0.4, -0.2) is 85.2 Å². The third-order valence-electron chi connectivity index (χ3n) is 4.98. The van der Waals surface area contributed by atoms with Crippen LogP contribution in [0.5, 0.6) is 46.0 Å². The van der Waals surface area contributed by atoms with Gasteiger partial charge in [-0.25, -0.2) is 19.2 Å². The van der Waals surface area contributed by atoms with Crippen LogP contribution < -0.4 is 0 Å². The van der Waals surface area contributed by atoms with E-state index in [1.165, 1.54) is 72.8 Å². The summed E-state index contributed by atoms with van der Waals surface area (Å²) in [4.78, 5) is 41.2. The molecule has 16 nitrogen and oxygen atoms in total. The summed E-state index contributed by atoms with van der Waals surface area (Å²) in [6.07, 6.45) is 0.